The van der Waals surface area contributed by atoms with Crippen molar-refractivity contribution in [2.45, 2.75) is 32.1 Å². The summed E-state index contributed by atoms with van der Waals surface area (Å²) in [6.45, 7) is 8.10. The van der Waals surface area contributed by atoms with Crippen molar-refractivity contribution in [3.05, 3.63) is 43.0 Å². The molecule has 1 aromatic carbocycles. The lowest BCUT2D eigenvalue weighted by molar-refractivity contribution is 0.446. The maximum absolute atomic E-state index is 4.44. The van der Waals surface area contributed by atoms with Crippen LogP contribution < -0.4 is 10.2 Å². The van der Waals surface area contributed by atoms with Crippen LogP contribution in [-0.4, -0.2) is 51.1 Å². The number of para-hydroxylation sites is 1. The van der Waals surface area contributed by atoms with Gasteiger partial charge in [-0.1, -0.05) is 30.7 Å². The number of unbranched alkanes of at least 4 members (excludes halogenated alkanes) is 3. The molecule has 0 aromatic heterocycles. The van der Waals surface area contributed by atoms with E-state index in [-0.39, 0.29) is 0 Å². The highest BCUT2D eigenvalue weighted by Crippen LogP contribution is 2.22. The molecule has 25 heavy (non-hydrogen) atoms. The Morgan fingerprint density at radius 3 is 2.84 bits per heavy atom. The summed E-state index contributed by atoms with van der Waals surface area (Å²) in [4.78, 5) is 9.18. The van der Waals surface area contributed by atoms with Crippen LogP contribution in [0.5, 0.6) is 0 Å². The standard InChI is InChI=1S/C21H34N4/c1-4-5-6-7-11-15-24(3)21(22-2)23-17-19-14-16-25(18-19)20-12-9-8-10-13-20/h4,8-10,12-13,19H,1,5-7,11,14-18H2,2-3H3,(H,22,23). The van der Waals surface area contributed by atoms with Gasteiger partial charge >= 0.3 is 0 Å². The van der Waals surface area contributed by atoms with Gasteiger partial charge in [0.15, 0.2) is 5.96 Å². The van der Waals surface area contributed by atoms with E-state index in [1.165, 1.54) is 31.4 Å². The number of nitrogens with one attached hydrogen (secondary N) is 1. The van der Waals surface area contributed by atoms with Crippen LogP contribution in [0.25, 0.3) is 0 Å². The molecule has 0 amide bonds. The van der Waals surface area contributed by atoms with Gasteiger partial charge in [-0.25, -0.2) is 0 Å². The van der Waals surface area contributed by atoms with Gasteiger partial charge < -0.3 is 15.1 Å². The first kappa shape index (κ1) is 19.4. The van der Waals surface area contributed by atoms with Gasteiger partial charge in [-0.3, -0.25) is 4.99 Å². The van der Waals surface area contributed by atoms with Crippen molar-refractivity contribution in [2.75, 3.05) is 45.2 Å². The summed E-state index contributed by atoms with van der Waals surface area (Å²) in [7, 11) is 4.01. The topological polar surface area (TPSA) is 30.9 Å². The smallest absolute Gasteiger partial charge is 0.193 e. The van der Waals surface area contributed by atoms with Crippen LogP contribution in [0.4, 0.5) is 5.69 Å². The number of hydrogen-bond acceptors (Lipinski definition) is 2. The molecule has 1 aromatic rings. The van der Waals surface area contributed by atoms with E-state index < -0.39 is 0 Å². The number of nitrogens with zero attached hydrogens (tertiary/aromatic N) is 3. The van der Waals surface area contributed by atoms with Crippen molar-refractivity contribution in [2.24, 2.45) is 10.9 Å². The molecular weight excluding hydrogens is 308 g/mol. The predicted octanol–water partition coefficient (Wildman–Crippen LogP) is 3.77. The van der Waals surface area contributed by atoms with Gasteiger partial charge in [-0.15, -0.1) is 6.58 Å². The zero-order valence-electron chi connectivity index (χ0n) is 16.0. The molecule has 4 heteroatoms. The number of hydrogen-bond donors (Lipinski definition) is 1. The summed E-state index contributed by atoms with van der Waals surface area (Å²) in [5.41, 5.74) is 1.34. The zero-order valence-corrected chi connectivity index (χ0v) is 16.0. The Kier molecular flexibility index (Phi) is 8.36. The van der Waals surface area contributed by atoms with Crippen LogP contribution in [-0.2, 0) is 0 Å². The number of anilines is 1. The lowest BCUT2D eigenvalue weighted by Crippen LogP contribution is -2.41. The Bertz CT molecular complexity index is 526. The van der Waals surface area contributed by atoms with Gasteiger partial charge in [0, 0.05) is 46.0 Å². The van der Waals surface area contributed by atoms with Crippen molar-refractivity contribution in [3.63, 3.8) is 0 Å². The van der Waals surface area contributed by atoms with E-state index in [9.17, 15) is 0 Å². The Hall–Kier alpha value is -1.97. The van der Waals surface area contributed by atoms with Gasteiger partial charge in [0.1, 0.15) is 0 Å². The lowest BCUT2D eigenvalue weighted by atomic mass is 10.1. The normalized spacial score (nSPS) is 17.6. The van der Waals surface area contributed by atoms with Crippen molar-refractivity contribution in [1.82, 2.24) is 10.2 Å². The van der Waals surface area contributed by atoms with Crippen LogP contribution in [0.1, 0.15) is 32.1 Å². The second-order valence-corrected chi connectivity index (χ2v) is 6.92. The van der Waals surface area contributed by atoms with Crippen LogP contribution in [0, 0.1) is 5.92 Å². The minimum absolute atomic E-state index is 0.679. The summed E-state index contributed by atoms with van der Waals surface area (Å²) < 4.78 is 0. The Morgan fingerprint density at radius 2 is 2.12 bits per heavy atom. The van der Waals surface area contributed by atoms with Crippen molar-refractivity contribution in [3.8, 4) is 0 Å². The van der Waals surface area contributed by atoms with Gasteiger partial charge in [0.05, 0.1) is 0 Å². The van der Waals surface area contributed by atoms with Crippen LogP contribution in [0.2, 0.25) is 0 Å². The number of rotatable bonds is 9. The molecule has 2 rings (SSSR count). The Morgan fingerprint density at radius 1 is 1.32 bits per heavy atom. The molecule has 0 radical (unpaired) electrons. The third-order valence-corrected chi connectivity index (χ3v) is 4.93. The molecule has 1 aliphatic heterocycles. The van der Waals surface area contributed by atoms with Gasteiger partial charge in [0.2, 0.25) is 0 Å². The van der Waals surface area contributed by atoms with E-state index in [4.69, 9.17) is 0 Å². The van der Waals surface area contributed by atoms with Crippen LogP contribution in [0.15, 0.2) is 48.0 Å². The highest BCUT2D eigenvalue weighted by molar-refractivity contribution is 5.79. The molecule has 0 saturated carbocycles. The van der Waals surface area contributed by atoms with Gasteiger partial charge in [-0.05, 0) is 43.7 Å². The molecule has 1 heterocycles. The molecule has 0 spiro atoms. The molecule has 1 N–H and O–H groups in total. The molecular formula is C21H34N4. The average Bonchev–Trinajstić information content (AvgIpc) is 3.12. The third-order valence-electron chi connectivity index (χ3n) is 4.93. The first-order chi connectivity index (χ1) is 12.2. The minimum Gasteiger partial charge on any atom is -0.371 e. The zero-order chi connectivity index (χ0) is 17.9. The van der Waals surface area contributed by atoms with Crippen molar-refractivity contribution >= 4 is 11.6 Å². The summed E-state index contributed by atoms with van der Waals surface area (Å²) in [5, 5.41) is 3.57. The van der Waals surface area contributed by atoms with E-state index in [2.05, 4.69) is 64.1 Å². The van der Waals surface area contributed by atoms with E-state index in [1.54, 1.807) is 0 Å². The highest BCUT2D eigenvalue weighted by Gasteiger charge is 2.23. The molecule has 1 unspecified atom stereocenters. The Balaban J connectivity index is 1.69. The molecule has 0 bridgehead atoms. The second-order valence-electron chi connectivity index (χ2n) is 6.92. The summed E-state index contributed by atoms with van der Waals surface area (Å²) in [5.74, 6) is 1.69. The average molecular weight is 343 g/mol. The lowest BCUT2D eigenvalue weighted by Gasteiger charge is -2.24. The fourth-order valence-corrected chi connectivity index (χ4v) is 3.41. The fourth-order valence-electron chi connectivity index (χ4n) is 3.41. The van der Waals surface area contributed by atoms with Gasteiger partial charge in [-0.2, -0.15) is 0 Å². The van der Waals surface area contributed by atoms with E-state index >= 15 is 0 Å². The summed E-state index contributed by atoms with van der Waals surface area (Å²) in [6.07, 6.45) is 8.06. The number of guanidine groups is 1. The van der Waals surface area contributed by atoms with Crippen molar-refractivity contribution in [1.29, 1.82) is 0 Å². The molecule has 1 atom stereocenters. The minimum atomic E-state index is 0.679. The Labute approximate surface area is 153 Å². The molecule has 4 nitrogen and oxygen atoms in total. The largest absolute Gasteiger partial charge is 0.371 e. The first-order valence-electron chi connectivity index (χ1n) is 9.57. The third kappa shape index (κ3) is 6.45. The summed E-state index contributed by atoms with van der Waals surface area (Å²) >= 11 is 0. The number of benzene rings is 1. The first-order valence-corrected chi connectivity index (χ1v) is 9.57. The quantitative estimate of drug-likeness (QED) is 0.321. The SMILES string of the molecule is C=CCCCCCN(C)C(=NC)NCC1CCN(c2ccccc2)C1. The van der Waals surface area contributed by atoms with Crippen LogP contribution >= 0.6 is 0 Å². The molecule has 1 aliphatic rings. The fraction of sp³-hybridized carbons (Fsp3) is 0.571. The molecule has 138 valence electrons. The van der Waals surface area contributed by atoms with E-state index in [1.807, 2.05) is 13.1 Å². The molecule has 0 aliphatic carbocycles. The van der Waals surface area contributed by atoms with Crippen molar-refractivity contribution < 1.29 is 0 Å². The number of allylic oxidation sites excluding steroid dienone is 1. The summed E-state index contributed by atoms with van der Waals surface area (Å²) in [6, 6.07) is 10.7. The van der Waals surface area contributed by atoms with Crippen LogP contribution in [0.3, 0.4) is 0 Å². The monoisotopic (exact) mass is 342 g/mol. The molecule has 1 fully saturated rings. The predicted molar refractivity (Wildman–Crippen MR) is 109 cm³/mol. The van der Waals surface area contributed by atoms with E-state index in [0.717, 1.165) is 38.6 Å². The number of aliphatic imine (C=N–C) groups is 1. The van der Waals surface area contributed by atoms with Gasteiger partial charge in [0.25, 0.3) is 0 Å². The molecule has 1 saturated heterocycles. The second kappa shape index (κ2) is 10.8. The highest BCUT2D eigenvalue weighted by atomic mass is 15.3. The maximum Gasteiger partial charge on any atom is 0.193 e. The maximum atomic E-state index is 4.44. The van der Waals surface area contributed by atoms with E-state index in [0.29, 0.717) is 5.92 Å².